The monoisotopic (exact) mass is 270 g/mol. The summed E-state index contributed by atoms with van der Waals surface area (Å²) in [5.41, 5.74) is 0.222. The second-order valence-corrected chi connectivity index (χ2v) is 6.79. The van der Waals surface area contributed by atoms with Gasteiger partial charge in [-0.05, 0) is 32.6 Å². The van der Waals surface area contributed by atoms with E-state index in [1.807, 2.05) is 11.8 Å². The summed E-state index contributed by atoms with van der Waals surface area (Å²) in [5.74, 6) is 1.13. The first-order valence-electron chi connectivity index (χ1n) is 6.87. The lowest BCUT2D eigenvalue weighted by Crippen LogP contribution is -2.48. The molecular formula is C13H22N2O2S. The van der Waals surface area contributed by atoms with Crippen LogP contribution in [0.3, 0.4) is 0 Å². The molecule has 1 atom stereocenters. The first kappa shape index (κ1) is 12.8. The van der Waals surface area contributed by atoms with Crippen molar-refractivity contribution in [3.63, 3.8) is 0 Å². The van der Waals surface area contributed by atoms with Crippen LogP contribution in [-0.2, 0) is 9.47 Å². The van der Waals surface area contributed by atoms with Gasteiger partial charge in [0.25, 0.3) is 0 Å². The van der Waals surface area contributed by atoms with Crippen LogP contribution >= 0.6 is 11.8 Å². The van der Waals surface area contributed by atoms with Crippen LogP contribution in [0.1, 0.15) is 32.6 Å². The highest BCUT2D eigenvalue weighted by Gasteiger charge is 2.39. The van der Waals surface area contributed by atoms with Gasteiger partial charge in [-0.15, -0.1) is 0 Å². The molecule has 0 aromatic heterocycles. The van der Waals surface area contributed by atoms with Crippen LogP contribution in [0, 0.1) is 0 Å². The van der Waals surface area contributed by atoms with E-state index in [9.17, 15) is 0 Å². The first-order valence-corrected chi connectivity index (χ1v) is 7.86. The predicted octanol–water partition coefficient (Wildman–Crippen LogP) is 1.80. The van der Waals surface area contributed by atoms with E-state index in [0.717, 1.165) is 56.5 Å². The minimum atomic E-state index is -0.0271. The SMILES string of the molecule is CC1(CN=C2NC3(CCOCC3)CS2)CCCO1. The van der Waals surface area contributed by atoms with Crippen molar-refractivity contribution < 1.29 is 9.47 Å². The molecule has 102 valence electrons. The maximum absolute atomic E-state index is 5.77. The summed E-state index contributed by atoms with van der Waals surface area (Å²) >= 11 is 1.86. The highest BCUT2D eigenvalue weighted by molar-refractivity contribution is 8.14. The second kappa shape index (κ2) is 5.02. The lowest BCUT2D eigenvalue weighted by molar-refractivity contribution is 0.0283. The van der Waals surface area contributed by atoms with Crippen molar-refractivity contribution in [3.8, 4) is 0 Å². The fourth-order valence-corrected chi connectivity index (χ4v) is 4.04. The number of hydrogen-bond acceptors (Lipinski definition) is 4. The smallest absolute Gasteiger partial charge is 0.157 e. The Bertz CT molecular complexity index is 334. The normalized spacial score (nSPS) is 37.3. The van der Waals surface area contributed by atoms with Gasteiger partial charge in [0.15, 0.2) is 5.17 Å². The largest absolute Gasteiger partial charge is 0.381 e. The molecule has 0 bridgehead atoms. The second-order valence-electron chi connectivity index (χ2n) is 5.83. The number of hydrogen-bond donors (Lipinski definition) is 1. The summed E-state index contributed by atoms with van der Waals surface area (Å²) in [6.07, 6.45) is 4.51. The Kier molecular flexibility index (Phi) is 3.56. The molecule has 0 radical (unpaired) electrons. The van der Waals surface area contributed by atoms with Crippen molar-refractivity contribution in [3.05, 3.63) is 0 Å². The van der Waals surface area contributed by atoms with Gasteiger partial charge in [0.1, 0.15) is 0 Å². The maximum Gasteiger partial charge on any atom is 0.157 e. The molecule has 0 aromatic rings. The fraction of sp³-hybridized carbons (Fsp3) is 0.923. The highest BCUT2D eigenvalue weighted by Crippen LogP contribution is 2.32. The van der Waals surface area contributed by atoms with Crippen LogP contribution < -0.4 is 5.32 Å². The standard InChI is InChI=1S/C13H22N2O2S/c1-12(3-2-6-17-12)9-14-11-15-13(10-18-11)4-7-16-8-5-13/h2-10H2,1H3,(H,14,15). The van der Waals surface area contributed by atoms with E-state index in [1.165, 1.54) is 6.42 Å². The Labute approximate surface area is 113 Å². The van der Waals surface area contributed by atoms with Gasteiger partial charge < -0.3 is 14.8 Å². The number of thioether (sulfide) groups is 1. The summed E-state index contributed by atoms with van der Waals surface area (Å²) in [4.78, 5) is 4.73. The lowest BCUT2D eigenvalue weighted by atomic mass is 9.93. The molecule has 5 heteroatoms. The van der Waals surface area contributed by atoms with Crippen molar-refractivity contribution in [1.29, 1.82) is 0 Å². The predicted molar refractivity (Wildman–Crippen MR) is 74.3 cm³/mol. The molecule has 4 nitrogen and oxygen atoms in total. The Balaban J connectivity index is 1.57. The van der Waals surface area contributed by atoms with Gasteiger partial charge in [-0.1, -0.05) is 11.8 Å². The number of rotatable bonds is 2. The third-order valence-electron chi connectivity index (χ3n) is 4.16. The zero-order valence-corrected chi connectivity index (χ0v) is 11.9. The first-order chi connectivity index (χ1) is 8.70. The average molecular weight is 270 g/mol. The van der Waals surface area contributed by atoms with Gasteiger partial charge in [-0.25, -0.2) is 0 Å². The highest BCUT2D eigenvalue weighted by atomic mass is 32.2. The topological polar surface area (TPSA) is 42.9 Å². The number of nitrogens with one attached hydrogen (secondary N) is 1. The molecule has 3 fully saturated rings. The molecule has 1 N–H and O–H groups in total. The van der Waals surface area contributed by atoms with Gasteiger partial charge in [-0.3, -0.25) is 4.99 Å². The Morgan fingerprint density at radius 2 is 2.11 bits per heavy atom. The van der Waals surface area contributed by atoms with Gasteiger partial charge in [0, 0.05) is 25.6 Å². The molecule has 18 heavy (non-hydrogen) atoms. The van der Waals surface area contributed by atoms with Gasteiger partial charge in [0.05, 0.1) is 17.7 Å². The Hall–Kier alpha value is -0.260. The van der Waals surface area contributed by atoms with Crippen molar-refractivity contribution in [1.82, 2.24) is 5.32 Å². The van der Waals surface area contributed by atoms with Gasteiger partial charge in [0.2, 0.25) is 0 Å². The maximum atomic E-state index is 5.77. The van der Waals surface area contributed by atoms with Crippen molar-refractivity contribution >= 4 is 16.9 Å². The molecule has 0 aliphatic carbocycles. The van der Waals surface area contributed by atoms with E-state index >= 15 is 0 Å². The van der Waals surface area contributed by atoms with E-state index in [1.54, 1.807) is 0 Å². The molecule has 1 unspecified atom stereocenters. The zero-order valence-electron chi connectivity index (χ0n) is 11.0. The molecule has 0 saturated carbocycles. The molecule has 3 rings (SSSR count). The molecule has 0 amide bonds. The third kappa shape index (κ3) is 2.68. The summed E-state index contributed by atoms with van der Waals surface area (Å²) in [6.45, 7) is 5.61. The van der Waals surface area contributed by atoms with E-state index in [-0.39, 0.29) is 11.1 Å². The third-order valence-corrected chi connectivity index (χ3v) is 5.37. The lowest BCUT2D eigenvalue weighted by Gasteiger charge is -2.32. The minimum absolute atomic E-state index is 0.0271. The van der Waals surface area contributed by atoms with Crippen LogP contribution in [0.2, 0.25) is 0 Å². The Morgan fingerprint density at radius 3 is 2.83 bits per heavy atom. The fourth-order valence-electron chi connectivity index (χ4n) is 2.82. The molecule has 0 aromatic carbocycles. The molecule has 3 saturated heterocycles. The summed E-state index contributed by atoms with van der Waals surface area (Å²) in [6, 6.07) is 0. The van der Waals surface area contributed by atoms with E-state index in [4.69, 9.17) is 14.5 Å². The minimum Gasteiger partial charge on any atom is -0.381 e. The zero-order chi connectivity index (χ0) is 12.5. The quantitative estimate of drug-likeness (QED) is 0.831. The number of ether oxygens (including phenoxy) is 2. The van der Waals surface area contributed by atoms with Crippen molar-refractivity contribution in [2.75, 3.05) is 32.1 Å². The van der Waals surface area contributed by atoms with E-state index in [0.29, 0.717) is 0 Å². The van der Waals surface area contributed by atoms with E-state index < -0.39 is 0 Å². The summed E-state index contributed by atoms with van der Waals surface area (Å²) < 4.78 is 11.2. The average Bonchev–Trinajstić information content (AvgIpc) is 2.97. The van der Waals surface area contributed by atoms with Crippen LogP contribution in [-0.4, -0.2) is 48.4 Å². The van der Waals surface area contributed by atoms with E-state index in [2.05, 4.69) is 12.2 Å². The van der Waals surface area contributed by atoms with Gasteiger partial charge >= 0.3 is 0 Å². The van der Waals surface area contributed by atoms with Crippen LogP contribution in [0.25, 0.3) is 0 Å². The van der Waals surface area contributed by atoms with Crippen LogP contribution in [0.5, 0.6) is 0 Å². The van der Waals surface area contributed by atoms with Crippen LogP contribution in [0.15, 0.2) is 4.99 Å². The molecule has 3 heterocycles. The number of amidine groups is 1. The van der Waals surface area contributed by atoms with Crippen LogP contribution in [0.4, 0.5) is 0 Å². The summed E-state index contributed by atoms with van der Waals surface area (Å²) in [5, 5.41) is 4.73. The molecule has 3 aliphatic rings. The van der Waals surface area contributed by atoms with Gasteiger partial charge in [-0.2, -0.15) is 0 Å². The molecule has 3 aliphatic heterocycles. The van der Waals surface area contributed by atoms with Crippen molar-refractivity contribution in [2.45, 2.75) is 43.7 Å². The Morgan fingerprint density at radius 1 is 1.28 bits per heavy atom. The van der Waals surface area contributed by atoms with Crippen molar-refractivity contribution in [2.24, 2.45) is 4.99 Å². The summed E-state index contributed by atoms with van der Waals surface area (Å²) in [7, 11) is 0. The number of aliphatic imine (C=N–C) groups is 1. The molecular weight excluding hydrogens is 248 g/mol. The number of nitrogens with zero attached hydrogens (tertiary/aromatic N) is 1. The molecule has 1 spiro atoms.